The van der Waals surface area contributed by atoms with E-state index >= 15 is 0 Å². The van der Waals surface area contributed by atoms with Crippen LogP contribution in [0.3, 0.4) is 0 Å². The Morgan fingerprint density at radius 1 is 1.39 bits per heavy atom. The van der Waals surface area contributed by atoms with Crippen LogP contribution in [-0.2, 0) is 0 Å². The van der Waals surface area contributed by atoms with E-state index < -0.39 is 28.4 Å². The predicted octanol–water partition coefficient (Wildman–Crippen LogP) is -0.164. The van der Waals surface area contributed by atoms with Crippen LogP contribution in [0.25, 0.3) is 11.0 Å². The molecule has 9 nitrogen and oxygen atoms in total. The van der Waals surface area contributed by atoms with E-state index in [1.165, 1.54) is 36.6 Å². The number of ketones is 1. The number of furan rings is 1. The molecule has 3 rings (SSSR count). The lowest BCUT2D eigenvalue weighted by Gasteiger charge is -2.12. The summed E-state index contributed by atoms with van der Waals surface area (Å²) < 4.78 is 4.93. The summed E-state index contributed by atoms with van der Waals surface area (Å²) in [6.45, 7) is 0. The van der Waals surface area contributed by atoms with Crippen molar-refractivity contribution in [1.29, 1.82) is 0 Å². The zero-order chi connectivity index (χ0) is 16.6. The molecule has 4 N–H and O–H groups in total. The number of hydrogen-bond acceptors (Lipinski definition) is 7. The number of fused-ring (bicyclic) bond motifs is 1. The van der Waals surface area contributed by atoms with Gasteiger partial charge in [0, 0.05) is 12.1 Å². The molecule has 118 valence electrons. The van der Waals surface area contributed by atoms with Gasteiger partial charge in [-0.25, -0.2) is 10.2 Å². The number of quaternary nitrogens is 1. The summed E-state index contributed by atoms with van der Waals surface area (Å²) in [6, 6.07) is 6.79. The van der Waals surface area contributed by atoms with Gasteiger partial charge in [-0.1, -0.05) is 0 Å². The van der Waals surface area contributed by atoms with E-state index in [1.54, 1.807) is 0 Å². The van der Waals surface area contributed by atoms with Crippen molar-refractivity contribution in [3.05, 3.63) is 63.6 Å². The summed E-state index contributed by atoms with van der Waals surface area (Å²) in [4.78, 5) is 30.5. The largest absolute Gasteiger partial charge is 0.595 e. The molecule has 0 spiro atoms. The van der Waals surface area contributed by atoms with Gasteiger partial charge in [0.1, 0.15) is 5.76 Å². The monoisotopic (exact) mass is 317 g/mol. The average Bonchev–Trinajstić information content (AvgIpc) is 3.06. The number of aromatic nitrogens is 2. The van der Waals surface area contributed by atoms with Crippen molar-refractivity contribution in [3.8, 4) is 0 Å². The number of Topliss-reactive ketones (excluding diaryl/α,β-unsaturated/α-hetero) is 1. The van der Waals surface area contributed by atoms with Crippen molar-refractivity contribution in [2.45, 2.75) is 6.10 Å². The Hall–Kier alpha value is -2.85. The molecule has 9 heteroatoms. The fraction of sp³-hybridized carbons (Fsp3) is 0.0714. The third kappa shape index (κ3) is 2.76. The zero-order valence-corrected chi connectivity index (χ0v) is 11.5. The van der Waals surface area contributed by atoms with Crippen molar-refractivity contribution in [2.24, 2.45) is 0 Å². The average molecular weight is 317 g/mol. The van der Waals surface area contributed by atoms with E-state index in [-0.39, 0.29) is 22.5 Å². The molecule has 0 fully saturated rings. The van der Waals surface area contributed by atoms with Gasteiger partial charge in [0.15, 0.2) is 17.5 Å². The molecule has 0 amide bonds. The zero-order valence-electron chi connectivity index (χ0n) is 11.5. The molecule has 0 bridgehead atoms. The van der Waals surface area contributed by atoms with Gasteiger partial charge in [-0.3, -0.25) is 9.59 Å². The number of benzene rings is 1. The van der Waals surface area contributed by atoms with E-state index in [2.05, 4.69) is 9.97 Å². The molecular formula is C14H11N3O6. The van der Waals surface area contributed by atoms with Gasteiger partial charge in [-0.2, -0.15) is 5.23 Å². The first-order valence-electron chi connectivity index (χ1n) is 6.50. The number of nitrogens with zero attached hydrogens (tertiary/aromatic N) is 1. The lowest BCUT2D eigenvalue weighted by Crippen LogP contribution is -2.99. The molecule has 0 saturated heterocycles. The molecule has 0 aliphatic carbocycles. The number of carbonyl (C=O) groups is 1. The number of aromatic amines is 1. The highest BCUT2D eigenvalue weighted by molar-refractivity contribution is 5.98. The van der Waals surface area contributed by atoms with Crippen LogP contribution in [0.15, 0.2) is 45.8 Å². The minimum Gasteiger partial charge on any atom is -0.595 e. The summed E-state index contributed by atoms with van der Waals surface area (Å²) >= 11 is 0. The van der Waals surface area contributed by atoms with E-state index in [1.807, 2.05) is 0 Å². The van der Waals surface area contributed by atoms with Crippen LogP contribution in [-0.4, -0.2) is 26.1 Å². The van der Waals surface area contributed by atoms with Gasteiger partial charge in [-0.05, 0) is 18.2 Å². The molecule has 2 unspecified atom stereocenters. The second-order valence-electron chi connectivity index (χ2n) is 4.73. The molecule has 2 heterocycles. The van der Waals surface area contributed by atoms with E-state index in [4.69, 9.17) is 9.62 Å². The Balaban J connectivity index is 2.08. The van der Waals surface area contributed by atoms with Crippen LogP contribution < -0.4 is 10.8 Å². The highest BCUT2D eigenvalue weighted by atomic mass is 16.8. The maximum Gasteiger partial charge on any atom is 0.278 e. The minimum atomic E-state index is -1.67. The molecule has 3 aromatic rings. The smallest absolute Gasteiger partial charge is 0.278 e. The van der Waals surface area contributed by atoms with Gasteiger partial charge < -0.3 is 19.7 Å². The van der Waals surface area contributed by atoms with Crippen molar-refractivity contribution < 1.29 is 24.8 Å². The molecule has 0 aliphatic heterocycles. The van der Waals surface area contributed by atoms with Gasteiger partial charge >= 0.3 is 0 Å². The summed E-state index contributed by atoms with van der Waals surface area (Å²) in [6.07, 6.45) is -0.387. The summed E-state index contributed by atoms with van der Waals surface area (Å²) in [5.74, 6) is -0.959. The Labute approximate surface area is 128 Å². The highest BCUT2D eigenvalue weighted by Crippen LogP contribution is 2.18. The van der Waals surface area contributed by atoms with Crippen LogP contribution in [0.5, 0.6) is 0 Å². The van der Waals surface area contributed by atoms with Crippen LogP contribution in [0, 0.1) is 5.21 Å². The third-order valence-corrected chi connectivity index (χ3v) is 3.23. The molecule has 23 heavy (non-hydrogen) atoms. The predicted molar refractivity (Wildman–Crippen MR) is 76.1 cm³/mol. The minimum absolute atomic E-state index is 0.0180. The van der Waals surface area contributed by atoms with Gasteiger partial charge in [-0.15, -0.1) is 0 Å². The SMILES string of the molecule is O=C(c1nc2cc([NH+]([O-])O)ccc2[nH]c1=O)C(O)c1ccco1. The number of nitrogens with one attached hydrogen (secondary N) is 2. The Morgan fingerprint density at radius 3 is 2.83 bits per heavy atom. The van der Waals surface area contributed by atoms with Crippen molar-refractivity contribution in [1.82, 2.24) is 9.97 Å². The van der Waals surface area contributed by atoms with Gasteiger partial charge in [0.25, 0.3) is 5.56 Å². The molecule has 0 saturated carbocycles. The lowest BCUT2D eigenvalue weighted by atomic mass is 10.1. The Morgan fingerprint density at radius 2 is 2.17 bits per heavy atom. The van der Waals surface area contributed by atoms with Gasteiger partial charge in [0.2, 0.25) is 5.78 Å². The van der Waals surface area contributed by atoms with Crippen molar-refractivity contribution >= 4 is 22.5 Å². The normalized spacial score (nSPS) is 13.9. The van der Waals surface area contributed by atoms with Crippen LogP contribution in [0.4, 0.5) is 5.69 Å². The molecule has 2 aromatic heterocycles. The number of aliphatic hydroxyl groups is 1. The highest BCUT2D eigenvalue weighted by Gasteiger charge is 2.26. The van der Waals surface area contributed by atoms with Crippen LogP contribution in [0.1, 0.15) is 22.4 Å². The molecule has 0 radical (unpaired) electrons. The summed E-state index contributed by atoms with van der Waals surface area (Å²) in [5.41, 5.74) is -0.939. The second-order valence-corrected chi connectivity index (χ2v) is 4.73. The molecule has 0 aliphatic rings. The first-order valence-corrected chi connectivity index (χ1v) is 6.50. The van der Waals surface area contributed by atoms with E-state index in [0.717, 1.165) is 0 Å². The standard InChI is InChI=1S/C14H11N3O6/c18-12(10-2-1-5-23-10)13(19)11-14(20)16-8-4-3-7(17(21)22)6-9(8)15-11/h1-6,12,17-18,21H,(H,16,20). The van der Waals surface area contributed by atoms with Crippen molar-refractivity contribution in [3.63, 3.8) is 0 Å². The molecular weight excluding hydrogens is 306 g/mol. The number of rotatable bonds is 4. The quantitative estimate of drug-likeness (QED) is 0.386. The topological polar surface area (TPSA) is 144 Å². The third-order valence-electron chi connectivity index (χ3n) is 3.23. The summed E-state index contributed by atoms with van der Waals surface area (Å²) in [7, 11) is 0. The Bertz CT molecular complexity index is 916. The number of aliphatic hydroxyl groups excluding tert-OH is 1. The lowest BCUT2D eigenvalue weighted by molar-refractivity contribution is -0.991. The maximum absolute atomic E-state index is 12.2. The Kier molecular flexibility index (Phi) is 3.76. The fourth-order valence-corrected chi connectivity index (χ4v) is 2.09. The van der Waals surface area contributed by atoms with Gasteiger partial charge in [0.05, 0.1) is 17.3 Å². The second kappa shape index (κ2) is 5.74. The number of hydrogen-bond donors (Lipinski definition) is 4. The van der Waals surface area contributed by atoms with E-state index in [9.17, 15) is 19.9 Å². The van der Waals surface area contributed by atoms with Crippen molar-refractivity contribution in [2.75, 3.05) is 0 Å². The molecule has 2 atom stereocenters. The maximum atomic E-state index is 12.2. The van der Waals surface area contributed by atoms with Crippen LogP contribution in [0.2, 0.25) is 0 Å². The fourth-order valence-electron chi connectivity index (χ4n) is 2.09. The number of carbonyl (C=O) groups excluding carboxylic acids is 1. The van der Waals surface area contributed by atoms with Crippen LogP contribution >= 0.6 is 0 Å². The molecule has 1 aromatic carbocycles. The first kappa shape index (κ1) is 15.1. The number of H-pyrrole nitrogens is 1. The first-order chi connectivity index (χ1) is 11.0. The summed E-state index contributed by atoms with van der Waals surface area (Å²) in [5, 5.41) is 28.7. The van der Waals surface area contributed by atoms with E-state index in [0.29, 0.717) is 0 Å².